The predicted molar refractivity (Wildman–Crippen MR) is 85.0 cm³/mol. The summed E-state index contributed by atoms with van der Waals surface area (Å²) in [5, 5.41) is 2.95. The molecule has 0 aliphatic rings. The molecule has 2 rings (SSSR count). The van der Waals surface area contributed by atoms with Crippen molar-refractivity contribution in [3.8, 4) is 0 Å². The molecule has 0 saturated heterocycles. The Kier molecular flexibility index (Phi) is 4.90. The Labute approximate surface area is 127 Å². The molecule has 0 aliphatic carbocycles. The Morgan fingerprint density at radius 3 is 2.75 bits per heavy atom. The van der Waals surface area contributed by atoms with Crippen LogP contribution < -0.4 is 5.32 Å². The molecule has 20 heavy (non-hydrogen) atoms. The maximum atomic E-state index is 12.3. The van der Waals surface area contributed by atoms with Crippen molar-refractivity contribution in [2.75, 3.05) is 5.32 Å². The first kappa shape index (κ1) is 14.7. The average Bonchev–Trinajstić information content (AvgIpc) is 2.47. The third kappa shape index (κ3) is 3.25. The van der Waals surface area contributed by atoms with Gasteiger partial charge in [-0.3, -0.25) is 4.79 Å². The summed E-state index contributed by atoms with van der Waals surface area (Å²) in [5.41, 5.74) is 2.39. The summed E-state index contributed by atoms with van der Waals surface area (Å²) in [7, 11) is 0. The van der Waals surface area contributed by atoms with Crippen molar-refractivity contribution in [1.29, 1.82) is 0 Å². The first-order chi connectivity index (χ1) is 9.63. The highest BCUT2D eigenvalue weighted by Crippen LogP contribution is 2.27. The second kappa shape index (κ2) is 6.66. The van der Waals surface area contributed by atoms with Gasteiger partial charge in [0.1, 0.15) is 5.69 Å². The van der Waals surface area contributed by atoms with Gasteiger partial charge in [0.2, 0.25) is 0 Å². The highest BCUT2D eigenvalue weighted by molar-refractivity contribution is 9.10. The fourth-order valence-corrected chi connectivity index (χ4v) is 2.43. The van der Waals surface area contributed by atoms with Crippen molar-refractivity contribution in [2.45, 2.75) is 26.2 Å². The minimum atomic E-state index is -0.201. The Morgan fingerprint density at radius 2 is 2.05 bits per heavy atom. The number of halogens is 1. The van der Waals surface area contributed by atoms with Gasteiger partial charge in [-0.1, -0.05) is 32.0 Å². The largest absolute Gasteiger partial charge is 0.320 e. The predicted octanol–water partition coefficient (Wildman–Crippen LogP) is 4.61. The molecule has 0 fully saturated rings. The van der Waals surface area contributed by atoms with Crippen LogP contribution in [0.1, 0.15) is 42.2 Å². The van der Waals surface area contributed by atoms with Gasteiger partial charge in [0.25, 0.3) is 5.91 Å². The van der Waals surface area contributed by atoms with Gasteiger partial charge in [0.05, 0.1) is 0 Å². The third-order valence-corrected chi connectivity index (χ3v) is 3.97. The molecule has 1 unspecified atom stereocenters. The average molecular weight is 333 g/mol. The fourth-order valence-electron chi connectivity index (χ4n) is 1.99. The topological polar surface area (TPSA) is 42.0 Å². The molecule has 1 aromatic carbocycles. The molecule has 1 aromatic heterocycles. The molecule has 1 N–H and O–H groups in total. The smallest absolute Gasteiger partial charge is 0.275 e. The first-order valence-corrected chi connectivity index (χ1v) is 7.43. The monoisotopic (exact) mass is 332 g/mol. The molecule has 2 aromatic rings. The molecule has 3 nitrogen and oxygen atoms in total. The van der Waals surface area contributed by atoms with E-state index in [-0.39, 0.29) is 5.91 Å². The van der Waals surface area contributed by atoms with Gasteiger partial charge in [-0.05, 0) is 52.0 Å². The molecule has 0 saturated carbocycles. The zero-order valence-electron chi connectivity index (χ0n) is 11.6. The number of hydrogen-bond donors (Lipinski definition) is 1. The SMILES string of the molecule is CCC(C)c1ccccc1NC(=O)c1ncccc1Br. The van der Waals surface area contributed by atoms with Gasteiger partial charge >= 0.3 is 0 Å². The summed E-state index contributed by atoms with van der Waals surface area (Å²) in [4.78, 5) is 16.4. The minimum Gasteiger partial charge on any atom is -0.320 e. The van der Waals surface area contributed by atoms with Gasteiger partial charge in [-0.2, -0.15) is 0 Å². The summed E-state index contributed by atoms with van der Waals surface area (Å²) in [6.07, 6.45) is 2.64. The lowest BCUT2D eigenvalue weighted by molar-refractivity contribution is 0.102. The van der Waals surface area contributed by atoms with Crippen LogP contribution in [0.4, 0.5) is 5.69 Å². The first-order valence-electron chi connectivity index (χ1n) is 6.64. The highest BCUT2D eigenvalue weighted by atomic mass is 79.9. The summed E-state index contributed by atoms with van der Waals surface area (Å²) < 4.78 is 0.693. The van der Waals surface area contributed by atoms with E-state index in [9.17, 15) is 4.79 Å². The van der Waals surface area contributed by atoms with Crippen molar-refractivity contribution in [1.82, 2.24) is 4.98 Å². The van der Waals surface area contributed by atoms with Crippen molar-refractivity contribution in [3.63, 3.8) is 0 Å². The number of benzene rings is 1. The second-order valence-corrected chi connectivity index (χ2v) is 5.54. The number of pyridine rings is 1. The Balaban J connectivity index is 2.27. The van der Waals surface area contributed by atoms with Crippen molar-refractivity contribution in [2.24, 2.45) is 0 Å². The van der Waals surface area contributed by atoms with E-state index in [1.54, 1.807) is 12.3 Å². The van der Waals surface area contributed by atoms with Crippen LogP contribution in [0.15, 0.2) is 47.1 Å². The standard InChI is InChI=1S/C16H17BrN2O/c1-3-11(2)12-7-4-5-9-14(12)19-16(20)15-13(17)8-6-10-18-15/h4-11H,3H2,1-2H3,(H,19,20). The molecular formula is C16H17BrN2O. The third-order valence-electron chi connectivity index (χ3n) is 3.33. The van der Waals surface area contributed by atoms with Gasteiger partial charge < -0.3 is 5.32 Å². The van der Waals surface area contributed by atoms with Crippen LogP contribution in [-0.4, -0.2) is 10.9 Å². The van der Waals surface area contributed by atoms with Crippen molar-refractivity contribution >= 4 is 27.5 Å². The number of nitrogens with zero attached hydrogens (tertiary/aromatic N) is 1. The number of hydrogen-bond acceptors (Lipinski definition) is 2. The maximum absolute atomic E-state index is 12.3. The molecule has 1 atom stereocenters. The summed E-state index contributed by atoms with van der Waals surface area (Å²) in [5.74, 6) is 0.201. The number of carbonyl (C=O) groups excluding carboxylic acids is 1. The number of rotatable bonds is 4. The zero-order chi connectivity index (χ0) is 14.5. The molecule has 1 amide bonds. The van der Waals surface area contributed by atoms with E-state index in [0.717, 1.165) is 17.7 Å². The molecule has 0 spiro atoms. The lowest BCUT2D eigenvalue weighted by Gasteiger charge is -2.15. The molecule has 4 heteroatoms. The van der Waals surface area contributed by atoms with E-state index in [0.29, 0.717) is 16.1 Å². The minimum absolute atomic E-state index is 0.201. The lowest BCUT2D eigenvalue weighted by Crippen LogP contribution is -2.15. The van der Waals surface area contributed by atoms with Crippen LogP contribution in [0.25, 0.3) is 0 Å². The quantitative estimate of drug-likeness (QED) is 0.888. The van der Waals surface area contributed by atoms with E-state index in [2.05, 4.69) is 46.1 Å². The molecule has 0 aliphatic heterocycles. The van der Waals surface area contributed by atoms with E-state index in [1.807, 2.05) is 24.3 Å². The molecule has 104 valence electrons. The van der Waals surface area contributed by atoms with Gasteiger partial charge in [0, 0.05) is 16.4 Å². The van der Waals surface area contributed by atoms with Crippen LogP contribution in [0.2, 0.25) is 0 Å². The number of amides is 1. The highest BCUT2D eigenvalue weighted by Gasteiger charge is 2.14. The maximum Gasteiger partial charge on any atom is 0.275 e. The van der Waals surface area contributed by atoms with Gasteiger partial charge in [0.15, 0.2) is 0 Å². The fraction of sp³-hybridized carbons (Fsp3) is 0.250. The Morgan fingerprint density at radius 1 is 1.30 bits per heavy atom. The van der Waals surface area contributed by atoms with Crippen molar-refractivity contribution < 1.29 is 4.79 Å². The van der Waals surface area contributed by atoms with E-state index < -0.39 is 0 Å². The number of carbonyl (C=O) groups is 1. The van der Waals surface area contributed by atoms with Crippen LogP contribution in [-0.2, 0) is 0 Å². The van der Waals surface area contributed by atoms with Crippen LogP contribution >= 0.6 is 15.9 Å². The summed E-state index contributed by atoms with van der Waals surface area (Å²) in [6.45, 7) is 4.29. The molecule has 0 radical (unpaired) electrons. The van der Waals surface area contributed by atoms with Gasteiger partial charge in [-0.25, -0.2) is 4.98 Å². The summed E-state index contributed by atoms with van der Waals surface area (Å²) >= 11 is 3.35. The van der Waals surface area contributed by atoms with E-state index >= 15 is 0 Å². The molecule has 1 heterocycles. The second-order valence-electron chi connectivity index (χ2n) is 4.68. The van der Waals surface area contributed by atoms with Crippen LogP contribution in [0.3, 0.4) is 0 Å². The summed E-state index contributed by atoms with van der Waals surface area (Å²) in [6, 6.07) is 11.5. The number of nitrogens with one attached hydrogen (secondary N) is 1. The zero-order valence-corrected chi connectivity index (χ0v) is 13.1. The normalized spacial score (nSPS) is 11.9. The van der Waals surface area contributed by atoms with Crippen molar-refractivity contribution in [3.05, 3.63) is 58.3 Å². The molecule has 0 bridgehead atoms. The lowest BCUT2D eigenvalue weighted by atomic mass is 9.97. The molecular weight excluding hydrogens is 316 g/mol. The number of aromatic nitrogens is 1. The number of anilines is 1. The van der Waals surface area contributed by atoms with Gasteiger partial charge in [-0.15, -0.1) is 0 Å². The van der Waals surface area contributed by atoms with E-state index in [1.165, 1.54) is 0 Å². The Bertz CT molecular complexity index is 613. The van der Waals surface area contributed by atoms with E-state index in [4.69, 9.17) is 0 Å². The number of para-hydroxylation sites is 1. The van der Waals surface area contributed by atoms with Crippen LogP contribution in [0, 0.1) is 0 Å². The Hall–Kier alpha value is -1.68. The van der Waals surface area contributed by atoms with Crippen LogP contribution in [0.5, 0.6) is 0 Å².